The zero-order valence-corrected chi connectivity index (χ0v) is 29.3. The molecule has 0 bridgehead atoms. The number of hydrogen-bond donors (Lipinski definition) is 0. The average molecular weight is 612 g/mol. The first-order valence-electron chi connectivity index (χ1n) is 17.1. The molecule has 47 heavy (non-hydrogen) atoms. The van der Waals surface area contributed by atoms with Crippen LogP contribution < -0.4 is 4.90 Å². The second-order valence-electron chi connectivity index (χ2n) is 16.0. The van der Waals surface area contributed by atoms with E-state index in [4.69, 9.17) is 0 Å². The maximum absolute atomic E-state index is 2.52. The molecule has 0 aromatic heterocycles. The molecule has 0 N–H and O–H groups in total. The molecule has 6 aromatic carbocycles. The molecule has 2 aliphatic carbocycles. The molecule has 0 aliphatic heterocycles. The lowest BCUT2D eigenvalue weighted by Crippen LogP contribution is -2.18. The Bertz CT molecular complexity index is 2250. The van der Waals surface area contributed by atoms with Gasteiger partial charge in [0.2, 0.25) is 0 Å². The van der Waals surface area contributed by atoms with Crippen LogP contribution in [0.15, 0.2) is 109 Å². The fourth-order valence-corrected chi connectivity index (χ4v) is 8.79. The smallest absolute Gasteiger partial charge is 0.0542 e. The monoisotopic (exact) mass is 611 g/mol. The number of nitrogens with zero attached hydrogens (tertiary/aromatic N) is 1. The van der Waals surface area contributed by atoms with E-state index in [0.29, 0.717) is 0 Å². The summed E-state index contributed by atoms with van der Waals surface area (Å²) in [6.07, 6.45) is 0. The predicted molar refractivity (Wildman–Crippen MR) is 202 cm³/mol. The van der Waals surface area contributed by atoms with Crippen molar-refractivity contribution < 1.29 is 0 Å². The molecule has 2 aliphatic rings. The van der Waals surface area contributed by atoms with E-state index in [1.54, 1.807) is 0 Å². The fourth-order valence-electron chi connectivity index (χ4n) is 8.79. The summed E-state index contributed by atoms with van der Waals surface area (Å²) in [5.74, 6) is 0. The third-order valence-electron chi connectivity index (χ3n) is 11.1. The number of fused-ring (bicyclic) bond motifs is 7. The SMILES string of the molecule is Cc1cc(C)c2c(N(c3ccc4c(c3)C(C)(C)c3ccccc3-4)c3ccc4c(c3)C(C)(C)c3cccc(C(C)(C)C)c3-4)cccc2c1. The van der Waals surface area contributed by atoms with Gasteiger partial charge in [-0.05, 0) is 111 Å². The number of hydrogen-bond acceptors (Lipinski definition) is 1. The van der Waals surface area contributed by atoms with E-state index in [2.05, 4.69) is 176 Å². The molecule has 234 valence electrons. The van der Waals surface area contributed by atoms with Gasteiger partial charge < -0.3 is 4.90 Å². The Balaban J connectivity index is 1.39. The number of anilines is 3. The van der Waals surface area contributed by atoms with Crippen LogP contribution in [0.5, 0.6) is 0 Å². The number of benzene rings is 6. The number of rotatable bonds is 3. The Labute approximate surface area is 280 Å². The van der Waals surface area contributed by atoms with E-state index >= 15 is 0 Å². The van der Waals surface area contributed by atoms with Crippen LogP contribution in [0.1, 0.15) is 87.4 Å². The van der Waals surface area contributed by atoms with Gasteiger partial charge in [-0.3, -0.25) is 0 Å². The van der Waals surface area contributed by atoms with Crippen LogP contribution in [0.2, 0.25) is 0 Å². The standard InChI is InChI=1S/C46H45N/c1-28-24-29(2)42-30(25-28)14-12-19-41(42)47(31-20-22-34-33-15-10-11-16-36(33)45(6,7)39(34)26-31)32-21-23-35-40(27-32)46(8,9)38-18-13-17-37(43(35)38)44(3,4)5/h10-27H,1-9H3. The zero-order chi connectivity index (χ0) is 33.0. The summed E-state index contributed by atoms with van der Waals surface area (Å²) in [5.41, 5.74) is 18.6. The van der Waals surface area contributed by atoms with Crippen LogP contribution in [0.3, 0.4) is 0 Å². The molecule has 0 saturated heterocycles. The van der Waals surface area contributed by atoms with Gasteiger partial charge in [0, 0.05) is 27.6 Å². The lowest BCUT2D eigenvalue weighted by molar-refractivity contribution is 0.589. The Kier molecular flexibility index (Phi) is 6.30. The van der Waals surface area contributed by atoms with Gasteiger partial charge in [-0.25, -0.2) is 0 Å². The minimum Gasteiger partial charge on any atom is -0.310 e. The van der Waals surface area contributed by atoms with Crippen LogP contribution >= 0.6 is 0 Å². The molecule has 0 amide bonds. The molecule has 1 nitrogen and oxygen atoms in total. The first kappa shape index (κ1) is 29.8. The zero-order valence-electron chi connectivity index (χ0n) is 29.3. The average Bonchev–Trinajstić information content (AvgIpc) is 3.40. The molecular formula is C46H45N. The minimum absolute atomic E-state index is 0.0567. The highest BCUT2D eigenvalue weighted by Crippen LogP contribution is 2.55. The summed E-state index contributed by atoms with van der Waals surface area (Å²) in [6.45, 7) is 21.0. The molecular weight excluding hydrogens is 567 g/mol. The van der Waals surface area contributed by atoms with E-state index in [0.717, 1.165) is 0 Å². The van der Waals surface area contributed by atoms with Crippen molar-refractivity contribution in [2.24, 2.45) is 0 Å². The van der Waals surface area contributed by atoms with E-state index in [1.807, 2.05) is 0 Å². The van der Waals surface area contributed by atoms with Crippen molar-refractivity contribution in [2.45, 2.75) is 78.6 Å². The summed E-state index contributed by atoms with van der Waals surface area (Å²) in [5, 5.41) is 2.59. The molecule has 0 saturated carbocycles. The Hall–Kier alpha value is -4.62. The largest absolute Gasteiger partial charge is 0.310 e. The van der Waals surface area contributed by atoms with Gasteiger partial charge in [-0.15, -0.1) is 0 Å². The molecule has 6 aromatic rings. The van der Waals surface area contributed by atoms with E-state index < -0.39 is 0 Å². The minimum atomic E-state index is -0.110. The summed E-state index contributed by atoms with van der Waals surface area (Å²) in [7, 11) is 0. The molecule has 0 unspecified atom stereocenters. The van der Waals surface area contributed by atoms with E-state index in [9.17, 15) is 0 Å². The third kappa shape index (κ3) is 4.28. The van der Waals surface area contributed by atoms with Crippen LogP contribution in [-0.4, -0.2) is 0 Å². The summed E-state index contributed by atoms with van der Waals surface area (Å²) in [6, 6.07) is 41.7. The van der Waals surface area contributed by atoms with Gasteiger partial charge in [-0.1, -0.05) is 133 Å². The quantitative estimate of drug-likeness (QED) is 0.192. The second kappa shape index (κ2) is 9.94. The highest BCUT2D eigenvalue weighted by molar-refractivity contribution is 6.02. The molecule has 1 heteroatoms. The molecule has 8 rings (SSSR count). The van der Waals surface area contributed by atoms with Crippen molar-refractivity contribution in [2.75, 3.05) is 4.90 Å². The van der Waals surface area contributed by atoms with Crippen molar-refractivity contribution in [3.63, 3.8) is 0 Å². The van der Waals surface area contributed by atoms with Gasteiger partial charge >= 0.3 is 0 Å². The summed E-state index contributed by atoms with van der Waals surface area (Å²) >= 11 is 0. The lowest BCUT2D eigenvalue weighted by Gasteiger charge is -2.31. The molecule has 0 fully saturated rings. The van der Waals surface area contributed by atoms with Crippen LogP contribution in [0, 0.1) is 13.8 Å². The van der Waals surface area contributed by atoms with Gasteiger partial charge in [0.15, 0.2) is 0 Å². The van der Waals surface area contributed by atoms with E-state index in [-0.39, 0.29) is 16.2 Å². The maximum Gasteiger partial charge on any atom is 0.0542 e. The Morgan fingerprint density at radius 2 is 1.13 bits per heavy atom. The predicted octanol–water partition coefficient (Wildman–Crippen LogP) is 12.8. The van der Waals surface area contributed by atoms with Crippen LogP contribution in [-0.2, 0) is 16.2 Å². The van der Waals surface area contributed by atoms with Crippen molar-refractivity contribution in [3.8, 4) is 22.3 Å². The van der Waals surface area contributed by atoms with Crippen molar-refractivity contribution in [3.05, 3.63) is 148 Å². The van der Waals surface area contributed by atoms with Crippen molar-refractivity contribution in [1.82, 2.24) is 0 Å². The van der Waals surface area contributed by atoms with Gasteiger partial charge in [-0.2, -0.15) is 0 Å². The third-order valence-corrected chi connectivity index (χ3v) is 11.1. The van der Waals surface area contributed by atoms with E-state index in [1.165, 1.54) is 89.0 Å². The normalized spacial score (nSPS) is 15.3. The molecule has 0 heterocycles. The molecule has 0 atom stereocenters. The Morgan fingerprint density at radius 1 is 0.532 bits per heavy atom. The van der Waals surface area contributed by atoms with Gasteiger partial charge in [0.05, 0.1) is 5.69 Å². The van der Waals surface area contributed by atoms with Gasteiger partial charge in [0.1, 0.15) is 0 Å². The maximum atomic E-state index is 2.52. The van der Waals surface area contributed by atoms with Crippen molar-refractivity contribution >= 4 is 27.8 Å². The topological polar surface area (TPSA) is 3.24 Å². The number of aryl methyl sites for hydroxylation is 2. The lowest BCUT2D eigenvalue weighted by atomic mass is 9.79. The van der Waals surface area contributed by atoms with Crippen molar-refractivity contribution in [1.29, 1.82) is 0 Å². The highest BCUT2D eigenvalue weighted by atomic mass is 15.1. The fraction of sp³-hybridized carbons (Fsp3) is 0.261. The van der Waals surface area contributed by atoms with Gasteiger partial charge in [0.25, 0.3) is 0 Å². The molecule has 0 spiro atoms. The highest BCUT2D eigenvalue weighted by Gasteiger charge is 2.39. The molecule has 0 radical (unpaired) electrons. The first-order chi connectivity index (χ1) is 22.3. The second-order valence-corrected chi connectivity index (χ2v) is 16.0. The summed E-state index contributed by atoms with van der Waals surface area (Å²) < 4.78 is 0. The first-order valence-corrected chi connectivity index (χ1v) is 17.1. The Morgan fingerprint density at radius 3 is 1.85 bits per heavy atom. The van der Waals surface area contributed by atoms with Crippen LogP contribution in [0.4, 0.5) is 17.1 Å². The van der Waals surface area contributed by atoms with Crippen LogP contribution in [0.25, 0.3) is 33.0 Å². The summed E-state index contributed by atoms with van der Waals surface area (Å²) in [4.78, 5) is 2.52.